The van der Waals surface area contributed by atoms with E-state index >= 15 is 0 Å². The van der Waals surface area contributed by atoms with E-state index in [1.165, 1.54) is 10.4 Å². The van der Waals surface area contributed by atoms with Crippen molar-refractivity contribution in [3.05, 3.63) is 72.9 Å². The second-order valence-electron chi connectivity index (χ2n) is 5.06. The third-order valence-corrected chi connectivity index (χ3v) is 9.80. The Morgan fingerprint density at radius 1 is 0.947 bits per heavy atom. The highest BCUT2D eigenvalue weighted by Crippen LogP contribution is 2.08. The molecule has 3 heteroatoms. The Labute approximate surface area is 118 Å². The highest BCUT2D eigenvalue weighted by molar-refractivity contribution is 6.92. The lowest BCUT2D eigenvalue weighted by Gasteiger charge is -2.28. The normalized spacial score (nSPS) is 12.9. The molecule has 0 aliphatic carbocycles. The van der Waals surface area contributed by atoms with Crippen LogP contribution in [-0.4, -0.2) is 17.4 Å². The van der Waals surface area contributed by atoms with Gasteiger partial charge >= 0.3 is 0 Å². The van der Waals surface area contributed by atoms with Gasteiger partial charge in [0.15, 0.2) is 0 Å². The Bertz CT molecular complexity index is 523. The minimum Gasteiger partial charge on any atom is -0.448 e. The largest absolute Gasteiger partial charge is 0.448 e. The topological polar surface area (TPSA) is 9.23 Å². The zero-order valence-electron chi connectivity index (χ0n) is 11.5. The molecule has 19 heavy (non-hydrogen) atoms. The molecule has 98 valence electrons. The van der Waals surface area contributed by atoms with Crippen LogP contribution in [0.1, 0.15) is 0 Å². The maximum atomic E-state index is 6.52. The fourth-order valence-electron chi connectivity index (χ4n) is 2.12. The first-order valence-corrected chi connectivity index (χ1v) is 11.2. The van der Waals surface area contributed by atoms with E-state index in [4.69, 9.17) is 4.12 Å². The van der Waals surface area contributed by atoms with Crippen LogP contribution >= 0.6 is 0 Å². The molecule has 0 N–H and O–H groups in total. The highest BCUT2D eigenvalue weighted by Gasteiger charge is 2.28. The lowest BCUT2D eigenvalue weighted by atomic mass is 10.4. The monoisotopic (exact) mass is 284 g/mol. The van der Waals surface area contributed by atoms with Crippen molar-refractivity contribution in [2.45, 2.75) is 13.1 Å². The molecule has 2 aromatic carbocycles. The molecule has 0 fully saturated rings. The van der Waals surface area contributed by atoms with Crippen LogP contribution in [0.15, 0.2) is 72.9 Å². The Hall–Kier alpha value is -1.43. The maximum Gasteiger partial charge on any atom is 0.220 e. The summed E-state index contributed by atoms with van der Waals surface area (Å²) in [5, 5.41) is 2.64. The Morgan fingerprint density at radius 3 is 2.00 bits per heavy atom. The highest BCUT2D eigenvalue weighted by atomic mass is 28.4. The van der Waals surface area contributed by atoms with Gasteiger partial charge in [0.05, 0.1) is 0 Å². The van der Waals surface area contributed by atoms with Crippen molar-refractivity contribution in [3.63, 3.8) is 0 Å². The first-order valence-electron chi connectivity index (χ1n) is 6.54. The maximum absolute atomic E-state index is 6.52. The molecule has 2 aromatic rings. The molecular formula is C16H20OSi2. The van der Waals surface area contributed by atoms with Gasteiger partial charge in [-0.25, -0.2) is 0 Å². The van der Waals surface area contributed by atoms with E-state index in [0.29, 0.717) is 0 Å². The summed E-state index contributed by atoms with van der Waals surface area (Å²) >= 11 is 0. The van der Waals surface area contributed by atoms with Gasteiger partial charge in [-0.1, -0.05) is 66.4 Å². The van der Waals surface area contributed by atoms with Gasteiger partial charge in [0.1, 0.15) is 0 Å². The summed E-state index contributed by atoms with van der Waals surface area (Å²) < 4.78 is 6.52. The molecule has 0 radical (unpaired) electrons. The summed E-state index contributed by atoms with van der Waals surface area (Å²) in [6.07, 6.45) is 0. The van der Waals surface area contributed by atoms with Crippen LogP contribution in [0.5, 0.6) is 0 Å². The van der Waals surface area contributed by atoms with Crippen molar-refractivity contribution >= 4 is 27.7 Å². The van der Waals surface area contributed by atoms with Gasteiger partial charge in [-0.3, -0.25) is 0 Å². The van der Waals surface area contributed by atoms with Crippen LogP contribution < -0.4 is 10.4 Å². The average molecular weight is 285 g/mol. The van der Waals surface area contributed by atoms with Crippen LogP contribution in [0, 0.1) is 0 Å². The fourth-order valence-corrected chi connectivity index (χ4v) is 8.00. The van der Waals surface area contributed by atoms with E-state index in [9.17, 15) is 0 Å². The van der Waals surface area contributed by atoms with Crippen LogP contribution in [0.4, 0.5) is 0 Å². The Morgan fingerprint density at radius 2 is 1.47 bits per heavy atom. The van der Waals surface area contributed by atoms with E-state index in [1.54, 1.807) is 0 Å². The molecule has 2 rings (SSSR count). The number of hydrogen-bond acceptors (Lipinski definition) is 1. The third-order valence-electron chi connectivity index (χ3n) is 3.23. The first-order chi connectivity index (χ1) is 9.13. The predicted molar refractivity (Wildman–Crippen MR) is 88.1 cm³/mol. The molecule has 0 bridgehead atoms. The molecule has 0 spiro atoms. The molecule has 0 saturated carbocycles. The van der Waals surface area contributed by atoms with E-state index in [-0.39, 0.29) is 0 Å². The Kier molecular flexibility index (Phi) is 4.53. The summed E-state index contributed by atoms with van der Waals surface area (Å²) in [5.41, 5.74) is 2.02. The van der Waals surface area contributed by atoms with Gasteiger partial charge in [0.25, 0.3) is 0 Å². The first kappa shape index (κ1) is 14.0. The molecule has 0 amide bonds. The van der Waals surface area contributed by atoms with Crippen molar-refractivity contribution in [3.8, 4) is 0 Å². The smallest absolute Gasteiger partial charge is 0.220 e. The van der Waals surface area contributed by atoms with Gasteiger partial charge in [-0.2, -0.15) is 0 Å². The van der Waals surface area contributed by atoms with E-state index < -0.39 is 17.4 Å². The number of rotatable bonds is 5. The molecular weight excluding hydrogens is 264 g/mol. The molecule has 1 unspecified atom stereocenters. The fraction of sp³-hybridized carbons (Fsp3) is 0.125. The summed E-state index contributed by atoms with van der Waals surface area (Å²) in [4.78, 5) is 0. The van der Waals surface area contributed by atoms with Gasteiger partial charge < -0.3 is 4.12 Å². The van der Waals surface area contributed by atoms with Crippen LogP contribution in [0.25, 0.3) is 0 Å². The molecule has 0 aromatic heterocycles. The van der Waals surface area contributed by atoms with Gasteiger partial charge in [-0.05, 0) is 23.5 Å². The lowest BCUT2D eigenvalue weighted by Crippen LogP contribution is -2.51. The molecule has 0 aliphatic rings. The van der Waals surface area contributed by atoms with Gasteiger partial charge in [0.2, 0.25) is 17.4 Å². The minimum absolute atomic E-state index is 1.30. The minimum atomic E-state index is -1.86. The van der Waals surface area contributed by atoms with Crippen molar-refractivity contribution in [2.75, 3.05) is 0 Å². The van der Waals surface area contributed by atoms with Crippen LogP contribution in [0.2, 0.25) is 13.1 Å². The summed E-state index contributed by atoms with van der Waals surface area (Å²) in [6.45, 7) is 8.49. The van der Waals surface area contributed by atoms with Crippen molar-refractivity contribution in [1.82, 2.24) is 0 Å². The molecule has 0 aliphatic heterocycles. The Balaban J connectivity index is 2.21. The average Bonchev–Trinajstić information content (AvgIpc) is 2.47. The SMILES string of the molecule is C=C[SiH](O[Si](C)(C)c1ccccc1)c1ccccc1. The van der Waals surface area contributed by atoms with E-state index in [0.717, 1.165) is 0 Å². The molecule has 0 saturated heterocycles. The summed E-state index contributed by atoms with van der Waals surface area (Å²) in [7, 11) is -3.40. The number of hydrogen-bond donors (Lipinski definition) is 0. The zero-order valence-corrected chi connectivity index (χ0v) is 13.7. The van der Waals surface area contributed by atoms with Crippen molar-refractivity contribution in [2.24, 2.45) is 0 Å². The van der Waals surface area contributed by atoms with Crippen molar-refractivity contribution < 1.29 is 4.12 Å². The van der Waals surface area contributed by atoms with Crippen molar-refractivity contribution in [1.29, 1.82) is 0 Å². The second-order valence-corrected chi connectivity index (χ2v) is 11.6. The van der Waals surface area contributed by atoms with E-state index in [2.05, 4.69) is 68.2 Å². The summed E-state index contributed by atoms with van der Waals surface area (Å²) in [6, 6.07) is 21.0. The van der Waals surface area contributed by atoms with Gasteiger partial charge in [0, 0.05) is 0 Å². The zero-order chi connectivity index (χ0) is 13.7. The molecule has 0 heterocycles. The third kappa shape index (κ3) is 3.53. The van der Waals surface area contributed by atoms with Crippen LogP contribution in [-0.2, 0) is 4.12 Å². The van der Waals surface area contributed by atoms with Crippen LogP contribution in [0.3, 0.4) is 0 Å². The summed E-state index contributed by atoms with van der Waals surface area (Å²) in [5.74, 6) is 0. The molecule has 1 atom stereocenters. The standard InChI is InChI=1S/C16H20OSi2/c1-4-18(15-11-7-5-8-12-15)17-19(2,3)16-13-9-6-10-14-16/h4-14,18H,1H2,2-3H3. The predicted octanol–water partition coefficient (Wildman–Crippen LogP) is 2.47. The van der Waals surface area contributed by atoms with Gasteiger partial charge in [-0.15, -0.1) is 6.58 Å². The quantitative estimate of drug-likeness (QED) is 0.767. The number of benzene rings is 2. The lowest BCUT2D eigenvalue weighted by molar-refractivity contribution is 0.601. The second kappa shape index (κ2) is 6.15. The van der Waals surface area contributed by atoms with E-state index in [1.807, 2.05) is 17.8 Å². The molecule has 1 nitrogen and oxygen atoms in total.